The summed E-state index contributed by atoms with van der Waals surface area (Å²) in [7, 11) is 0. The van der Waals surface area contributed by atoms with Crippen LogP contribution in [0.5, 0.6) is 0 Å². The fourth-order valence-corrected chi connectivity index (χ4v) is 1.22. The van der Waals surface area contributed by atoms with Crippen molar-refractivity contribution in [1.29, 1.82) is 0 Å². The molecule has 0 spiro atoms. The topological polar surface area (TPSA) is 29.1 Å². The predicted octanol–water partition coefficient (Wildman–Crippen LogP) is 2.86. The zero-order valence-corrected chi connectivity index (χ0v) is 8.96. The molecule has 5 heteroatoms. The Labute approximate surface area is 91.6 Å². The van der Waals surface area contributed by atoms with E-state index in [-0.39, 0.29) is 11.7 Å². The molecule has 1 aromatic carbocycles. The highest BCUT2D eigenvalue weighted by Gasteiger charge is 2.06. The summed E-state index contributed by atoms with van der Waals surface area (Å²) in [6, 6.07) is 5.04. The van der Waals surface area contributed by atoms with E-state index >= 15 is 0 Å². The summed E-state index contributed by atoms with van der Waals surface area (Å²) in [6.07, 6.45) is 0. The molecule has 0 unspecified atom stereocenters. The Kier molecular flexibility index (Phi) is 3.90. The molecule has 0 aliphatic rings. The van der Waals surface area contributed by atoms with Crippen LogP contribution in [0.1, 0.15) is 0 Å². The molecular weight excluding hydrogens is 229 g/mol. The minimum atomic E-state index is -0.215. The first-order valence-electron chi connectivity index (χ1n) is 3.50. The van der Waals surface area contributed by atoms with Crippen LogP contribution in [0.2, 0.25) is 10.0 Å². The van der Waals surface area contributed by atoms with Crippen molar-refractivity contribution < 1.29 is 4.79 Å². The Morgan fingerprint density at radius 1 is 1.46 bits per heavy atom. The van der Waals surface area contributed by atoms with Crippen LogP contribution in [0.4, 0.5) is 5.69 Å². The average Bonchev–Trinajstić information content (AvgIpc) is 2.13. The molecule has 0 atom stereocenters. The Hall–Kier alpha value is -0.380. The molecule has 1 rings (SSSR count). The van der Waals surface area contributed by atoms with Crippen molar-refractivity contribution in [3.63, 3.8) is 0 Å². The molecule has 70 valence electrons. The van der Waals surface area contributed by atoms with E-state index in [1.165, 1.54) is 0 Å². The van der Waals surface area contributed by atoms with Gasteiger partial charge in [0.05, 0.1) is 21.5 Å². The Morgan fingerprint density at radius 2 is 2.15 bits per heavy atom. The number of rotatable bonds is 2. The van der Waals surface area contributed by atoms with Gasteiger partial charge in [0.1, 0.15) is 0 Å². The Morgan fingerprint density at radius 3 is 2.77 bits per heavy atom. The Bertz CT molecular complexity index is 330. The van der Waals surface area contributed by atoms with Gasteiger partial charge in [-0.05, 0) is 12.1 Å². The van der Waals surface area contributed by atoms with Gasteiger partial charge in [0, 0.05) is 0 Å². The summed E-state index contributed by atoms with van der Waals surface area (Å²) >= 11 is 15.4. The molecule has 13 heavy (non-hydrogen) atoms. The lowest BCUT2D eigenvalue weighted by molar-refractivity contribution is -0.113. The molecule has 2 nitrogen and oxygen atoms in total. The first kappa shape index (κ1) is 10.7. The quantitative estimate of drug-likeness (QED) is 0.759. The highest BCUT2D eigenvalue weighted by molar-refractivity contribution is 7.81. The minimum Gasteiger partial charge on any atom is -0.324 e. The molecular formula is C8H7Cl2NOS. The van der Waals surface area contributed by atoms with Gasteiger partial charge >= 0.3 is 0 Å². The highest BCUT2D eigenvalue weighted by Crippen LogP contribution is 2.29. The van der Waals surface area contributed by atoms with Crippen LogP contribution in [-0.2, 0) is 4.79 Å². The second kappa shape index (κ2) is 4.74. The molecule has 0 aliphatic heterocycles. The van der Waals surface area contributed by atoms with Gasteiger partial charge in [-0.3, -0.25) is 4.79 Å². The standard InChI is InChI=1S/C8H7Cl2NOS/c9-5-2-1-3-6(8(5)10)11-7(12)4-13/h1-3,13H,4H2,(H,11,12). The summed E-state index contributed by atoms with van der Waals surface area (Å²) in [5.74, 6) is -0.101. The van der Waals surface area contributed by atoms with E-state index in [1.807, 2.05) is 0 Å². The SMILES string of the molecule is O=C(CS)Nc1cccc(Cl)c1Cl. The molecule has 1 N–H and O–H groups in total. The molecule has 0 saturated carbocycles. The van der Waals surface area contributed by atoms with Gasteiger partial charge in [-0.1, -0.05) is 29.3 Å². The van der Waals surface area contributed by atoms with Crippen molar-refractivity contribution >= 4 is 47.4 Å². The number of benzene rings is 1. The first-order valence-corrected chi connectivity index (χ1v) is 4.88. The second-order valence-electron chi connectivity index (χ2n) is 2.31. The van der Waals surface area contributed by atoms with Crippen molar-refractivity contribution in [1.82, 2.24) is 0 Å². The number of thiol groups is 1. The number of carbonyl (C=O) groups is 1. The van der Waals surface area contributed by atoms with Crippen molar-refractivity contribution in [2.45, 2.75) is 0 Å². The third-order valence-electron chi connectivity index (χ3n) is 1.37. The third-order valence-corrected chi connectivity index (χ3v) is 2.48. The van der Waals surface area contributed by atoms with E-state index < -0.39 is 0 Å². The van der Waals surface area contributed by atoms with Gasteiger partial charge < -0.3 is 5.32 Å². The third kappa shape index (κ3) is 2.79. The van der Waals surface area contributed by atoms with E-state index in [2.05, 4.69) is 17.9 Å². The van der Waals surface area contributed by atoms with Crippen LogP contribution in [-0.4, -0.2) is 11.7 Å². The van der Waals surface area contributed by atoms with E-state index in [0.29, 0.717) is 15.7 Å². The van der Waals surface area contributed by atoms with Crippen LogP contribution in [0, 0.1) is 0 Å². The molecule has 1 amide bonds. The summed E-state index contributed by atoms with van der Waals surface area (Å²) < 4.78 is 0. The van der Waals surface area contributed by atoms with Crippen LogP contribution >= 0.6 is 35.8 Å². The van der Waals surface area contributed by atoms with Gasteiger partial charge in [0.15, 0.2) is 0 Å². The van der Waals surface area contributed by atoms with Gasteiger partial charge in [-0.15, -0.1) is 0 Å². The lowest BCUT2D eigenvalue weighted by atomic mass is 10.3. The van der Waals surface area contributed by atoms with Crippen molar-refractivity contribution in [2.24, 2.45) is 0 Å². The molecule has 0 heterocycles. The molecule has 1 aromatic rings. The maximum absolute atomic E-state index is 11.0. The van der Waals surface area contributed by atoms with Gasteiger partial charge in [0.2, 0.25) is 5.91 Å². The zero-order chi connectivity index (χ0) is 9.84. The predicted molar refractivity (Wildman–Crippen MR) is 58.9 cm³/mol. The maximum Gasteiger partial charge on any atom is 0.234 e. The van der Waals surface area contributed by atoms with E-state index in [9.17, 15) is 4.79 Å². The van der Waals surface area contributed by atoms with Crippen molar-refractivity contribution in [3.8, 4) is 0 Å². The number of hydrogen-bond acceptors (Lipinski definition) is 2. The average molecular weight is 236 g/mol. The largest absolute Gasteiger partial charge is 0.324 e. The van der Waals surface area contributed by atoms with Crippen LogP contribution < -0.4 is 5.32 Å². The fourth-order valence-electron chi connectivity index (χ4n) is 0.790. The smallest absolute Gasteiger partial charge is 0.234 e. The van der Waals surface area contributed by atoms with E-state index in [4.69, 9.17) is 23.2 Å². The summed E-state index contributed by atoms with van der Waals surface area (Å²) in [6.45, 7) is 0. The molecule has 0 radical (unpaired) electrons. The van der Waals surface area contributed by atoms with Crippen LogP contribution in [0.25, 0.3) is 0 Å². The van der Waals surface area contributed by atoms with Crippen LogP contribution in [0.15, 0.2) is 18.2 Å². The molecule has 0 bridgehead atoms. The summed E-state index contributed by atoms with van der Waals surface area (Å²) in [5, 5.41) is 3.33. The van der Waals surface area contributed by atoms with Gasteiger partial charge in [0.25, 0.3) is 0 Å². The van der Waals surface area contributed by atoms with Gasteiger partial charge in [-0.2, -0.15) is 12.6 Å². The minimum absolute atomic E-state index is 0.114. The first-order chi connectivity index (χ1) is 6.15. The normalized spacial score (nSPS) is 9.77. The van der Waals surface area contributed by atoms with E-state index in [1.54, 1.807) is 18.2 Å². The molecule has 0 aromatic heterocycles. The van der Waals surface area contributed by atoms with Crippen molar-refractivity contribution in [3.05, 3.63) is 28.2 Å². The number of amides is 1. The molecule has 0 aliphatic carbocycles. The Balaban J connectivity index is 2.89. The highest BCUT2D eigenvalue weighted by atomic mass is 35.5. The number of anilines is 1. The zero-order valence-electron chi connectivity index (χ0n) is 6.55. The molecule has 0 saturated heterocycles. The monoisotopic (exact) mass is 235 g/mol. The number of carbonyl (C=O) groups excluding carboxylic acids is 1. The van der Waals surface area contributed by atoms with Crippen LogP contribution in [0.3, 0.4) is 0 Å². The number of halogens is 2. The summed E-state index contributed by atoms with van der Waals surface area (Å²) in [4.78, 5) is 11.0. The van der Waals surface area contributed by atoms with Gasteiger partial charge in [-0.25, -0.2) is 0 Å². The lowest BCUT2D eigenvalue weighted by Crippen LogP contribution is -2.12. The number of nitrogens with one attached hydrogen (secondary N) is 1. The summed E-state index contributed by atoms with van der Waals surface area (Å²) in [5.41, 5.74) is 0.508. The fraction of sp³-hybridized carbons (Fsp3) is 0.125. The number of hydrogen-bond donors (Lipinski definition) is 2. The second-order valence-corrected chi connectivity index (χ2v) is 3.41. The maximum atomic E-state index is 11.0. The van der Waals surface area contributed by atoms with E-state index in [0.717, 1.165) is 0 Å². The lowest BCUT2D eigenvalue weighted by Gasteiger charge is -2.05. The van der Waals surface area contributed by atoms with Crippen molar-refractivity contribution in [2.75, 3.05) is 11.1 Å². The molecule has 0 fully saturated rings.